The summed E-state index contributed by atoms with van der Waals surface area (Å²) in [5.74, 6) is -0.704. The molecule has 140 valence electrons. The molecule has 0 spiro atoms. The third-order valence-electron chi connectivity index (χ3n) is 5.28. The van der Waals surface area contributed by atoms with E-state index < -0.39 is 11.5 Å². The number of anilines is 1. The maximum atomic E-state index is 13.3. The van der Waals surface area contributed by atoms with Crippen LogP contribution in [0.2, 0.25) is 0 Å². The zero-order valence-corrected chi connectivity index (χ0v) is 15.6. The van der Waals surface area contributed by atoms with Crippen molar-refractivity contribution in [2.24, 2.45) is 0 Å². The number of aliphatic hydroxyl groups is 1. The van der Waals surface area contributed by atoms with Gasteiger partial charge in [0.2, 0.25) is 0 Å². The van der Waals surface area contributed by atoms with E-state index >= 15 is 0 Å². The Balaban J connectivity index is 1.70. The number of amides is 1. The molecule has 0 bridgehead atoms. The molecular formula is C24H21NO3. The zero-order chi connectivity index (χ0) is 19.7. The number of fused-ring (bicyclic) bond motifs is 1. The fourth-order valence-corrected chi connectivity index (χ4v) is 3.81. The molecule has 1 amide bonds. The molecule has 3 aromatic rings. The van der Waals surface area contributed by atoms with E-state index in [1.54, 1.807) is 29.2 Å². The topological polar surface area (TPSA) is 57.6 Å². The van der Waals surface area contributed by atoms with Crippen LogP contribution in [0.4, 0.5) is 5.69 Å². The highest BCUT2D eigenvalue weighted by atomic mass is 16.3. The van der Waals surface area contributed by atoms with Crippen molar-refractivity contribution in [2.45, 2.75) is 25.5 Å². The highest BCUT2D eigenvalue weighted by molar-refractivity contribution is 6.10. The van der Waals surface area contributed by atoms with Crippen LogP contribution >= 0.6 is 0 Å². The van der Waals surface area contributed by atoms with E-state index in [9.17, 15) is 14.7 Å². The number of carbonyl (C=O) groups is 2. The molecule has 1 unspecified atom stereocenters. The molecule has 0 saturated carbocycles. The van der Waals surface area contributed by atoms with Gasteiger partial charge in [-0.3, -0.25) is 9.59 Å². The summed E-state index contributed by atoms with van der Waals surface area (Å²) in [5, 5.41) is 11.4. The van der Waals surface area contributed by atoms with Gasteiger partial charge in [0.25, 0.3) is 5.91 Å². The van der Waals surface area contributed by atoms with Crippen molar-refractivity contribution in [3.05, 3.63) is 101 Å². The number of Topliss-reactive ketones (excluding diaryl/α,β-unsaturated/α-hetero) is 1. The molecule has 0 fully saturated rings. The van der Waals surface area contributed by atoms with E-state index in [1.165, 1.54) is 0 Å². The Kier molecular flexibility index (Phi) is 4.57. The van der Waals surface area contributed by atoms with Crippen LogP contribution in [-0.2, 0) is 16.9 Å². The van der Waals surface area contributed by atoms with Gasteiger partial charge in [0.05, 0.1) is 18.7 Å². The van der Waals surface area contributed by atoms with Crippen LogP contribution < -0.4 is 4.90 Å². The molecule has 1 atom stereocenters. The Hall–Kier alpha value is -3.24. The molecule has 0 saturated heterocycles. The van der Waals surface area contributed by atoms with Gasteiger partial charge in [0, 0.05) is 11.1 Å². The monoisotopic (exact) mass is 371 g/mol. The summed E-state index contributed by atoms with van der Waals surface area (Å²) in [5.41, 5.74) is 1.60. The molecule has 1 aliphatic rings. The van der Waals surface area contributed by atoms with E-state index in [0.717, 1.165) is 11.1 Å². The Bertz CT molecular complexity index is 1040. The van der Waals surface area contributed by atoms with Crippen molar-refractivity contribution in [3.8, 4) is 0 Å². The number of aryl methyl sites for hydroxylation is 1. The van der Waals surface area contributed by atoms with Crippen LogP contribution in [0.5, 0.6) is 0 Å². The second kappa shape index (κ2) is 7.06. The Morgan fingerprint density at radius 2 is 1.57 bits per heavy atom. The second-order valence-electron chi connectivity index (χ2n) is 7.17. The highest BCUT2D eigenvalue weighted by Gasteiger charge is 2.50. The maximum absolute atomic E-state index is 13.3. The number of carbonyl (C=O) groups excluding carboxylic acids is 2. The molecule has 0 aromatic heterocycles. The number of para-hydroxylation sites is 1. The minimum absolute atomic E-state index is 0.245. The summed E-state index contributed by atoms with van der Waals surface area (Å²) >= 11 is 0. The van der Waals surface area contributed by atoms with Crippen molar-refractivity contribution >= 4 is 17.4 Å². The average molecular weight is 371 g/mol. The quantitative estimate of drug-likeness (QED) is 0.690. The van der Waals surface area contributed by atoms with Crippen LogP contribution in [0.3, 0.4) is 0 Å². The first-order valence-electron chi connectivity index (χ1n) is 9.27. The van der Waals surface area contributed by atoms with Gasteiger partial charge in [-0.25, -0.2) is 0 Å². The average Bonchev–Trinajstić information content (AvgIpc) is 2.91. The smallest absolute Gasteiger partial charge is 0.264 e. The lowest BCUT2D eigenvalue weighted by Gasteiger charge is -2.23. The normalized spacial score (nSPS) is 18.2. The van der Waals surface area contributed by atoms with Gasteiger partial charge in [-0.15, -0.1) is 0 Å². The second-order valence-corrected chi connectivity index (χ2v) is 7.17. The lowest BCUT2D eigenvalue weighted by molar-refractivity contribution is -0.136. The number of benzene rings is 3. The largest absolute Gasteiger partial charge is 0.375 e. The summed E-state index contributed by atoms with van der Waals surface area (Å²) < 4.78 is 0. The molecule has 1 aliphatic heterocycles. The number of nitrogens with zero attached hydrogens (tertiary/aromatic N) is 1. The third kappa shape index (κ3) is 3.02. The van der Waals surface area contributed by atoms with Gasteiger partial charge in [-0.1, -0.05) is 72.8 Å². The third-order valence-corrected chi connectivity index (χ3v) is 5.28. The van der Waals surface area contributed by atoms with Crippen LogP contribution in [0.1, 0.15) is 33.5 Å². The SMILES string of the molecule is Cc1ccccc1C(=O)CC1(O)C(=O)N(Cc2ccccc2)c2ccccc21. The highest BCUT2D eigenvalue weighted by Crippen LogP contribution is 2.43. The van der Waals surface area contributed by atoms with Crippen LogP contribution in [0, 0.1) is 6.92 Å². The molecule has 4 nitrogen and oxygen atoms in total. The van der Waals surface area contributed by atoms with Crippen molar-refractivity contribution in [2.75, 3.05) is 4.90 Å². The van der Waals surface area contributed by atoms with E-state index in [1.807, 2.05) is 61.5 Å². The molecular weight excluding hydrogens is 350 g/mol. The van der Waals surface area contributed by atoms with Gasteiger partial charge in [0.15, 0.2) is 11.4 Å². The first kappa shape index (κ1) is 18.1. The summed E-state index contributed by atoms with van der Waals surface area (Å²) in [7, 11) is 0. The van der Waals surface area contributed by atoms with Crippen LogP contribution in [0.25, 0.3) is 0 Å². The van der Waals surface area contributed by atoms with Gasteiger partial charge in [-0.2, -0.15) is 0 Å². The fourth-order valence-electron chi connectivity index (χ4n) is 3.81. The zero-order valence-electron chi connectivity index (χ0n) is 15.6. The minimum Gasteiger partial charge on any atom is -0.375 e. The van der Waals surface area contributed by atoms with E-state index in [2.05, 4.69) is 0 Å². The molecule has 0 radical (unpaired) electrons. The number of hydrogen-bond acceptors (Lipinski definition) is 3. The van der Waals surface area contributed by atoms with Crippen molar-refractivity contribution in [1.29, 1.82) is 0 Å². The Morgan fingerprint density at radius 1 is 0.929 bits per heavy atom. The van der Waals surface area contributed by atoms with E-state index in [-0.39, 0.29) is 12.2 Å². The van der Waals surface area contributed by atoms with Crippen LogP contribution in [0.15, 0.2) is 78.9 Å². The van der Waals surface area contributed by atoms with Gasteiger partial charge in [-0.05, 0) is 24.1 Å². The first-order chi connectivity index (χ1) is 13.5. The molecule has 4 heteroatoms. The number of hydrogen-bond donors (Lipinski definition) is 1. The number of rotatable bonds is 5. The summed E-state index contributed by atoms with van der Waals surface area (Å²) in [4.78, 5) is 27.7. The lowest BCUT2D eigenvalue weighted by atomic mass is 9.87. The minimum atomic E-state index is -1.86. The molecule has 0 aliphatic carbocycles. The van der Waals surface area contributed by atoms with Gasteiger partial charge < -0.3 is 10.0 Å². The van der Waals surface area contributed by atoms with Crippen molar-refractivity contribution in [1.82, 2.24) is 0 Å². The molecule has 4 rings (SSSR count). The van der Waals surface area contributed by atoms with Crippen LogP contribution in [-0.4, -0.2) is 16.8 Å². The molecule has 28 heavy (non-hydrogen) atoms. The molecule has 3 aromatic carbocycles. The predicted molar refractivity (Wildman–Crippen MR) is 108 cm³/mol. The summed E-state index contributed by atoms with van der Waals surface area (Å²) in [6.45, 7) is 2.20. The standard InChI is InChI=1S/C24H21NO3/c1-17-9-5-6-12-19(17)22(26)15-24(28)20-13-7-8-14-21(20)25(23(24)27)16-18-10-3-2-4-11-18/h2-14,28H,15-16H2,1H3. The van der Waals surface area contributed by atoms with E-state index in [4.69, 9.17) is 0 Å². The molecule has 1 heterocycles. The lowest BCUT2D eigenvalue weighted by Crippen LogP contribution is -2.41. The Labute approximate surface area is 164 Å². The van der Waals surface area contributed by atoms with E-state index in [0.29, 0.717) is 23.4 Å². The summed E-state index contributed by atoms with van der Waals surface area (Å²) in [6, 6.07) is 24.0. The molecule has 1 N–H and O–H groups in total. The van der Waals surface area contributed by atoms with Crippen molar-refractivity contribution in [3.63, 3.8) is 0 Å². The first-order valence-corrected chi connectivity index (χ1v) is 9.27. The van der Waals surface area contributed by atoms with Gasteiger partial charge in [0.1, 0.15) is 0 Å². The predicted octanol–water partition coefficient (Wildman–Crippen LogP) is 4.00. The maximum Gasteiger partial charge on any atom is 0.264 e. The summed E-state index contributed by atoms with van der Waals surface area (Å²) in [6.07, 6.45) is -0.279. The Morgan fingerprint density at radius 3 is 2.32 bits per heavy atom. The van der Waals surface area contributed by atoms with Gasteiger partial charge >= 0.3 is 0 Å². The number of ketones is 1. The fraction of sp³-hybridized carbons (Fsp3) is 0.167. The van der Waals surface area contributed by atoms with Crippen molar-refractivity contribution < 1.29 is 14.7 Å².